The van der Waals surface area contributed by atoms with Gasteiger partial charge in [-0.25, -0.2) is 0 Å². The van der Waals surface area contributed by atoms with Crippen molar-refractivity contribution >= 4 is 23.6 Å². The van der Waals surface area contributed by atoms with Crippen molar-refractivity contribution in [1.82, 2.24) is 4.90 Å². The van der Waals surface area contributed by atoms with Crippen molar-refractivity contribution in [3.05, 3.63) is 35.9 Å². The lowest BCUT2D eigenvalue weighted by molar-refractivity contribution is -0.148. The molecule has 0 saturated carbocycles. The van der Waals surface area contributed by atoms with Gasteiger partial charge >= 0.3 is 5.97 Å². The Morgan fingerprint density at radius 1 is 1.21 bits per heavy atom. The van der Waals surface area contributed by atoms with Gasteiger partial charge < -0.3 is 9.64 Å². The van der Waals surface area contributed by atoms with Gasteiger partial charge in [-0.2, -0.15) is 0 Å². The maximum Gasteiger partial charge on any atom is 0.308 e. The third-order valence-corrected chi connectivity index (χ3v) is 6.07. The minimum atomic E-state index is -0.152. The molecule has 4 nitrogen and oxygen atoms in total. The normalized spacial score (nSPS) is 16.9. The molecule has 0 radical (unpaired) electrons. The molecule has 1 fully saturated rings. The van der Waals surface area contributed by atoms with Crippen LogP contribution in [0.3, 0.4) is 0 Å². The van der Waals surface area contributed by atoms with Crippen LogP contribution in [0.15, 0.2) is 30.3 Å². The van der Waals surface area contributed by atoms with Gasteiger partial charge in [0.05, 0.1) is 18.3 Å². The highest BCUT2D eigenvalue weighted by atomic mass is 32.2. The number of carbonyl (C=O) groups excluding carboxylic acids is 2. The molecule has 0 spiro atoms. The van der Waals surface area contributed by atoms with E-state index in [2.05, 4.69) is 26.0 Å². The first-order chi connectivity index (χ1) is 11.5. The summed E-state index contributed by atoms with van der Waals surface area (Å²) in [6, 6.07) is 10.2. The second-order valence-corrected chi connectivity index (χ2v) is 7.71. The minimum absolute atomic E-state index is 0.0418. The van der Waals surface area contributed by atoms with E-state index in [0.717, 1.165) is 5.75 Å². The maximum atomic E-state index is 12.9. The Morgan fingerprint density at radius 2 is 1.83 bits per heavy atom. The number of methoxy groups -OCH3 is 1. The molecule has 0 N–H and O–H groups in total. The lowest BCUT2D eigenvalue weighted by Gasteiger charge is -2.34. The standard InChI is InChI=1S/C19H27NO3S/c1-14(2)17(24-13-15-7-5-4-6-8-15)18(21)20-11-9-16(10-12-20)19(22)23-3/h4-8,14,16-17H,9-13H2,1-3H3. The number of hydrogen-bond donors (Lipinski definition) is 0. The highest BCUT2D eigenvalue weighted by molar-refractivity contribution is 7.99. The Balaban J connectivity index is 1.91. The molecule has 0 bridgehead atoms. The van der Waals surface area contributed by atoms with E-state index in [4.69, 9.17) is 4.74 Å². The third kappa shape index (κ3) is 5.00. The summed E-state index contributed by atoms with van der Waals surface area (Å²) in [6.07, 6.45) is 1.40. The zero-order chi connectivity index (χ0) is 17.5. The van der Waals surface area contributed by atoms with E-state index in [1.165, 1.54) is 12.7 Å². The predicted octanol–water partition coefficient (Wildman–Crippen LogP) is 3.36. The average molecular weight is 349 g/mol. The van der Waals surface area contributed by atoms with Crippen LogP contribution in [0.2, 0.25) is 0 Å². The number of hydrogen-bond acceptors (Lipinski definition) is 4. The van der Waals surface area contributed by atoms with Crippen molar-refractivity contribution in [2.24, 2.45) is 11.8 Å². The summed E-state index contributed by atoms with van der Waals surface area (Å²) < 4.78 is 4.81. The Labute approximate surface area is 148 Å². The predicted molar refractivity (Wildman–Crippen MR) is 97.7 cm³/mol. The maximum absolute atomic E-state index is 12.9. The Morgan fingerprint density at radius 3 is 2.38 bits per heavy atom. The highest BCUT2D eigenvalue weighted by Crippen LogP contribution is 2.28. The second kappa shape index (κ2) is 9.11. The number of benzene rings is 1. The summed E-state index contributed by atoms with van der Waals surface area (Å²) in [5.74, 6) is 1.11. The van der Waals surface area contributed by atoms with E-state index in [9.17, 15) is 9.59 Å². The van der Waals surface area contributed by atoms with Crippen LogP contribution in [0, 0.1) is 11.8 Å². The van der Waals surface area contributed by atoms with Crippen LogP contribution in [-0.2, 0) is 20.1 Å². The van der Waals surface area contributed by atoms with E-state index in [-0.39, 0.29) is 29.0 Å². The number of esters is 1. The third-order valence-electron chi connectivity index (χ3n) is 4.46. The summed E-state index contributed by atoms with van der Waals surface area (Å²) in [6.45, 7) is 5.49. The molecule has 1 aliphatic heterocycles. The Hall–Kier alpha value is -1.49. The number of carbonyl (C=O) groups is 2. The molecule has 1 aromatic rings. The lowest BCUT2D eigenvalue weighted by Crippen LogP contribution is -2.45. The highest BCUT2D eigenvalue weighted by Gasteiger charge is 2.32. The number of likely N-dealkylation sites (tertiary alicyclic amines) is 1. The number of nitrogens with zero attached hydrogens (tertiary/aromatic N) is 1. The summed E-state index contributed by atoms with van der Waals surface area (Å²) in [5.41, 5.74) is 1.24. The molecule has 1 aliphatic rings. The minimum Gasteiger partial charge on any atom is -0.469 e. The molecule has 1 saturated heterocycles. The van der Waals surface area contributed by atoms with Crippen LogP contribution in [-0.4, -0.2) is 42.2 Å². The fraction of sp³-hybridized carbons (Fsp3) is 0.579. The van der Waals surface area contributed by atoms with Crippen LogP contribution < -0.4 is 0 Å². The number of rotatable bonds is 6. The number of amides is 1. The van der Waals surface area contributed by atoms with E-state index < -0.39 is 0 Å². The molecule has 5 heteroatoms. The topological polar surface area (TPSA) is 46.6 Å². The number of ether oxygens (including phenoxy) is 1. The molecule has 1 aromatic carbocycles. The lowest BCUT2D eigenvalue weighted by atomic mass is 9.96. The Kier molecular flexibility index (Phi) is 7.16. The molecule has 1 amide bonds. The number of piperidine rings is 1. The van der Waals surface area contributed by atoms with Gasteiger partial charge in [-0.1, -0.05) is 44.2 Å². The quantitative estimate of drug-likeness (QED) is 0.739. The van der Waals surface area contributed by atoms with Crippen molar-refractivity contribution in [1.29, 1.82) is 0 Å². The molecule has 1 heterocycles. The van der Waals surface area contributed by atoms with Crippen LogP contribution in [0.4, 0.5) is 0 Å². The summed E-state index contributed by atoms with van der Waals surface area (Å²) in [7, 11) is 1.43. The van der Waals surface area contributed by atoms with Crippen LogP contribution in [0.25, 0.3) is 0 Å². The smallest absolute Gasteiger partial charge is 0.308 e. The summed E-state index contributed by atoms with van der Waals surface area (Å²) in [4.78, 5) is 26.4. The molecular formula is C19H27NO3S. The molecular weight excluding hydrogens is 322 g/mol. The van der Waals surface area contributed by atoms with Crippen molar-refractivity contribution in [2.75, 3.05) is 20.2 Å². The molecule has 1 unspecified atom stereocenters. The monoisotopic (exact) mass is 349 g/mol. The zero-order valence-electron chi connectivity index (χ0n) is 14.7. The molecule has 0 aromatic heterocycles. The van der Waals surface area contributed by atoms with Crippen LogP contribution in [0.1, 0.15) is 32.3 Å². The van der Waals surface area contributed by atoms with Gasteiger partial charge in [-0.05, 0) is 24.3 Å². The van der Waals surface area contributed by atoms with Gasteiger partial charge in [0.2, 0.25) is 5.91 Å². The van der Waals surface area contributed by atoms with Gasteiger partial charge in [0.1, 0.15) is 0 Å². The van der Waals surface area contributed by atoms with Gasteiger partial charge in [0, 0.05) is 18.8 Å². The fourth-order valence-corrected chi connectivity index (χ4v) is 4.23. The van der Waals surface area contributed by atoms with E-state index in [1.807, 2.05) is 23.1 Å². The van der Waals surface area contributed by atoms with Crippen molar-refractivity contribution in [3.8, 4) is 0 Å². The van der Waals surface area contributed by atoms with Gasteiger partial charge in [-0.3, -0.25) is 9.59 Å². The first-order valence-corrected chi connectivity index (χ1v) is 9.60. The van der Waals surface area contributed by atoms with Crippen molar-refractivity contribution in [2.45, 2.75) is 37.7 Å². The first-order valence-electron chi connectivity index (χ1n) is 8.55. The summed E-state index contributed by atoms with van der Waals surface area (Å²) in [5, 5.41) is -0.0418. The first kappa shape index (κ1) is 18.8. The van der Waals surface area contributed by atoms with Crippen molar-refractivity contribution < 1.29 is 14.3 Å². The SMILES string of the molecule is COC(=O)C1CCN(C(=O)C(SCc2ccccc2)C(C)C)CC1. The van der Waals surface area contributed by atoms with Crippen LogP contribution in [0.5, 0.6) is 0 Å². The van der Waals surface area contributed by atoms with Gasteiger partial charge in [0.15, 0.2) is 0 Å². The zero-order valence-corrected chi connectivity index (χ0v) is 15.6. The molecule has 2 rings (SSSR count). The van der Waals surface area contributed by atoms with Crippen molar-refractivity contribution in [3.63, 3.8) is 0 Å². The number of thioether (sulfide) groups is 1. The van der Waals surface area contributed by atoms with Gasteiger partial charge in [0.25, 0.3) is 0 Å². The van der Waals surface area contributed by atoms with E-state index in [1.54, 1.807) is 11.8 Å². The average Bonchev–Trinajstić information content (AvgIpc) is 2.61. The summed E-state index contributed by atoms with van der Waals surface area (Å²) >= 11 is 1.71. The molecule has 0 aliphatic carbocycles. The molecule has 24 heavy (non-hydrogen) atoms. The van der Waals surface area contributed by atoms with Gasteiger partial charge in [-0.15, -0.1) is 11.8 Å². The fourth-order valence-electron chi connectivity index (χ4n) is 2.99. The van der Waals surface area contributed by atoms with Crippen LogP contribution >= 0.6 is 11.8 Å². The van der Waals surface area contributed by atoms with E-state index in [0.29, 0.717) is 25.9 Å². The molecule has 1 atom stereocenters. The Bertz CT molecular complexity index is 539. The largest absolute Gasteiger partial charge is 0.469 e. The van der Waals surface area contributed by atoms with E-state index >= 15 is 0 Å². The molecule has 132 valence electrons. The second-order valence-electron chi connectivity index (χ2n) is 6.58.